The lowest BCUT2D eigenvalue weighted by molar-refractivity contribution is 0.150. The minimum Gasteiger partial charge on any atom is -0.376 e. The molecule has 0 radical (unpaired) electrons. The van der Waals surface area contributed by atoms with E-state index in [-0.39, 0.29) is 16.6 Å². The summed E-state index contributed by atoms with van der Waals surface area (Å²) in [6, 6.07) is 17.3. The molecule has 2 atom stereocenters. The predicted octanol–water partition coefficient (Wildman–Crippen LogP) is 5.14. The van der Waals surface area contributed by atoms with Gasteiger partial charge in [0.1, 0.15) is 5.82 Å². The van der Waals surface area contributed by atoms with Gasteiger partial charge in [0.15, 0.2) is 0 Å². The van der Waals surface area contributed by atoms with Gasteiger partial charge in [0, 0.05) is 10.8 Å². The molecule has 2 heteroatoms. The molecular formula is C22H21FO. The van der Waals surface area contributed by atoms with Crippen molar-refractivity contribution >= 4 is 5.57 Å². The maximum absolute atomic E-state index is 13.5. The van der Waals surface area contributed by atoms with E-state index in [9.17, 15) is 4.39 Å². The fraction of sp³-hybridized carbons (Fsp3) is 0.273. The van der Waals surface area contributed by atoms with Crippen LogP contribution in [-0.4, -0.2) is 13.2 Å². The van der Waals surface area contributed by atoms with Crippen molar-refractivity contribution < 1.29 is 9.13 Å². The minimum atomic E-state index is -0.303. The van der Waals surface area contributed by atoms with Crippen LogP contribution < -0.4 is 0 Å². The molecule has 1 nitrogen and oxygen atoms in total. The summed E-state index contributed by atoms with van der Waals surface area (Å²) in [5.74, 6) is -0.209. The van der Waals surface area contributed by atoms with E-state index in [1.807, 2.05) is 24.3 Å². The molecule has 0 bridgehead atoms. The van der Waals surface area contributed by atoms with Crippen molar-refractivity contribution in [1.29, 1.82) is 0 Å². The van der Waals surface area contributed by atoms with Crippen molar-refractivity contribution in [2.24, 2.45) is 5.41 Å². The summed E-state index contributed by atoms with van der Waals surface area (Å²) in [7, 11) is 0. The third-order valence-corrected chi connectivity index (χ3v) is 5.58. The van der Waals surface area contributed by atoms with Crippen LogP contribution >= 0.6 is 0 Å². The van der Waals surface area contributed by atoms with Crippen molar-refractivity contribution in [3.05, 3.63) is 89.8 Å². The van der Waals surface area contributed by atoms with E-state index in [1.165, 1.54) is 16.7 Å². The Morgan fingerprint density at radius 3 is 2.46 bits per heavy atom. The molecule has 24 heavy (non-hydrogen) atoms. The molecule has 1 heterocycles. The second kappa shape index (κ2) is 5.42. The van der Waals surface area contributed by atoms with Crippen LogP contribution in [0.25, 0.3) is 5.57 Å². The van der Waals surface area contributed by atoms with Gasteiger partial charge >= 0.3 is 0 Å². The smallest absolute Gasteiger partial charge is 0.123 e. The molecule has 0 spiro atoms. The number of halogens is 1. The molecule has 1 saturated heterocycles. The number of hydrogen-bond acceptors (Lipinski definition) is 1. The van der Waals surface area contributed by atoms with Crippen LogP contribution in [0.5, 0.6) is 0 Å². The van der Waals surface area contributed by atoms with Crippen molar-refractivity contribution in [3.63, 3.8) is 0 Å². The number of benzene rings is 2. The highest BCUT2D eigenvalue weighted by Crippen LogP contribution is 2.60. The van der Waals surface area contributed by atoms with Gasteiger partial charge in [-0.15, -0.1) is 6.58 Å². The van der Waals surface area contributed by atoms with Crippen LogP contribution in [-0.2, 0) is 10.2 Å². The van der Waals surface area contributed by atoms with Gasteiger partial charge in [-0.25, -0.2) is 4.39 Å². The van der Waals surface area contributed by atoms with E-state index >= 15 is 0 Å². The molecule has 122 valence electrons. The van der Waals surface area contributed by atoms with E-state index < -0.39 is 0 Å². The van der Waals surface area contributed by atoms with E-state index in [2.05, 4.69) is 37.8 Å². The summed E-state index contributed by atoms with van der Waals surface area (Å²) in [5, 5.41) is 0. The summed E-state index contributed by atoms with van der Waals surface area (Å²) in [5.41, 5.74) is 4.64. The summed E-state index contributed by atoms with van der Waals surface area (Å²) < 4.78 is 19.3. The topological polar surface area (TPSA) is 9.23 Å². The molecule has 2 aromatic carbocycles. The van der Waals surface area contributed by atoms with Crippen LogP contribution in [0.3, 0.4) is 0 Å². The maximum atomic E-state index is 13.5. The second-order valence-corrected chi connectivity index (χ2v) is 7.13. The zero-order chi connectivity index (χ0) is 16.8. The largest absolute Gasteiger partial charge is 0.376 e. The molecule has 2 aromatic rings. The zero-order valence-electron chi connectivity index (χ0n) is 13.9. The molecule has 0 amide bonds. The van der Waals surface area contributed by atoms with Crippen LogP contribution in [0, 0.1) is 11.2 Å². The van der Waals surface area contributed by atoms with Crippen molar-refractivity contribution in [3.8, 4) is 0 Å². The van der Waals surface area contributed by atoms with Gasteiger partial charge in [-0.3, -0.25) is 0 Å². The minimum absolute atomic E-state index is 0.00769. The third kappa shape index (κ3) is 2.10. The highest BCUT2D eigenvalue weighted by molar-refractivity contribution is 5.84. The predicted molar refractivity (Wildman–Crippen MR) is 95.2 cm³/mol. The molecule has 2 aliphatic rings. The summed E-state index contributed by atoms with van der Waals surface area (Å²) in [4.78, 5) is 0. The molecule has 1 aliphatic heterocycles. The van der Waals surface area contributed by atoms with Gasteiger partial charge in [-0.2, -0.15) is 0 Å². The Kier molecular flexibility index (Phi) is 3.47. The Labute approximate surface area is 142 Å². The quantitative estimate of drug-likeness (QED) is 0.711. The molecule has 1 aliphatic carbocycles. The Balaban J connectivity index is 1.98. The fourth-order valence-electron chi connectivity index (χ4n) is 4.47. The molecular weight excluding hydrogens is 299 g/mol. The Morgan fingerprint density at radius 1 is 1.08 bits per heavy atom. The fourth-order valence-corrected chi connectivity index (χ4v) is 4.47. The van der Waals surface area contributed by atoms with Crippen LogP contribution in [0.1, 0.15) is 24.5 Å². The van der Waals surface area contributed by atoms with E-state index in [0.717, 1.165) is 18.6 Å². The SMILES string of the molecule is C=C[C@@]1(c2ccc(F)cc2)C[C@]2(C)COCC2=C1c1ccccc1. The van der Waals surface area contributed by atoms with Gasteiger partial charge in [0.05, 0.1) is 13.2 Å². The van der Waals surface area contributed by atoms with Gasteiger partial charge in [-0.05, 0) is 40.8 Å². The average Bonchev–Trinajstić information content (AvgIpc) is 3.08. The van der Waals surface area contributed by atoms with Crippen LogP contribution in [0.4, 0.5) is 4.39 Å². The van der Waals surface area contributed by atoms with Crippen LogP contribution in [0.2, 0.25) is 0 Å². The number of rotatable bonds is 3. The Morgan fingerprint density at radius 2 is 1.79 bits per heavy atom. The highest BCUT2D eigenvalue weighted by Gasteiger charge is 2.53. The van der Waals surface area contributed by atoms with Crippen molar-refractivity contribution in [2.75, 3.05) is 13.2 Å². The summed E-state index contributed by atoms with van der Waals surface area (Å²) >= 11 is 0. The molecule has 1 fully saturated rings. The lowest BCUT2D eigenvalue weighted by Crippen LogP contribution is -2.27. The Bertz CT molecular complexity index is 806. The van der Waals surface area contributed by atoms with E-state index in [0.29, 0.717) is 6.61 Å². The van der Waals surface area contributed by atoms with Gasteiger partial charge in [0.2, 0.25) is 0 Å². The highest BCUT2D eigenvalue weighted by atomic mass is 19.1. The molecule has 0 aromatic heterocycles. The van der Waals surface area contributed by atoms with Gasteiger partial charge in [0.25, 0.3) is 0 Å². The first-order chi connectivity index (χ1) is 11.6. The van der Waals surface area contributed by atoms with Crippen LogP contribution in [0.15, 0.2) is 72.8 Å². The normalized spacial score (nSPS) is 28.9. The molecule has 0 unspecified atom stereocenters. The summed E-state index contributed by atoms with van der Waals surface area (Å²) in [6.45, 7) is 7.85. The summed E-state index contributed by atoms with van der Waals surface area (Å²) in [6.07, 6.45) is 2.95. The Hall–Kier alpha value is -2.19. The van der Waals surface area contributed by atoms with E-state index in [1.54, 1.807) is 12.1 Å². The second-order valence-electron chi connectivity index (χ2n) is 7.13. The number of fused-ring (bicyclic) bond motifs is 1. The zero-order valence-corrected chi connectivity index (χ0v) is 13.9. The lowest BCUT2D eigenvalue weighted by atomic mass is 9.70. The monoisotopic (exact) mass is 320 g/mol. The first kappa shape index (κ1) is 15.3. The number of allylic oxidation sites excluding steroid dienone is 2. The standard InChI is InChI=1S/C22H21FO/c1-3-22(17-9-11-18(23)12-10-17)14-21(2)15-24-13-19(21)20(22)16-7-5-4-6-8-16/h3-12H,1,13-15H2,2H3/t21-,22+/m1/s1. The third-order valence-electron chi connectivity index (χ3n) is 5.58. The molecule has 0 saturated carbocycles. The maximum Gasteiger partial charge on any atom is 0.123 e. The first-order valence-electron chi connectivity index (χ1n) is 8.36. The number of ether oxygens (including phenoxy) is 1. The van der Waals surface area contributed by atoms with Crippen molar-refractivity contribution in [1.82, 2.24) is 0 Å². The first-order valence-corrected chi connectivity index (χ1v) is 8.36. The van der Waals surface area contributed by atoms with Gasteiger partial charge < -0.3 is 4.74 Å². The molecule has 4 rings (SSSR count). The van der Waals surface area contributed by atoms with Gasteiger partial charge in [-0.1, -0.05) is 55.5 Å². The number of hydrogen-bond donors (Lipinski definition) is 0. The molecule has 0 N–H and O–H groups in total. The van der Waals surface area contributed by atoms with Crippen molar-refractivity contribution in [2.45, 2.75) is 18.8 Å². The average molecular weight is 320 g/mol. The lowest BCUT2D eigenvalue weighted by Gasteiger charge is -2.33. The van der Waals surface area contributed by atoms with E-state index in [4.69, 9.17) is 4.74 Å².